The van der Waals surface area contributed by atoms with E-state index in [2.05, 4.69) is 30.9 Å². The van der Waals surface area contributed by atoms with Crippen LogP contribution in [0.15, 0.2) is 63.7 Å². The highest BCUT2D eigenvalue weighted by Gasteiger charge is 2.25. The van der Waals surface area contributed by atoms with E-state index >= 15 is 0 Å². The SMILES string of the molecule is CC(=O)C(N=Nc1ccc(S(=O)(=O)NC2NCCC(C)N2)cc1)C(=O)Nc1ccccc1C. The molecule has 0 bridgehead atoms. The number of anilines is 1. The van der Waals surface area contributed by atoms with E-state index in [1.165, 1.54) is 31.2 Å². The molecule has 1 amide bonds. The Bertz CT molecular complexity index is 1130. The molecule has 2 aromatic carbocycles. The van der Waals surface area contributed by atoms with Gasteiger partial charge in [0, 0.05) is 11.7 Å². The van der Waals surface area contributed by atoms with Gasteiger partial charge >= 0.3 is 0 Å². The van der Waals surface area contributed by atoms with Crippen LogP contribution < -0.4 is 20.7 Å². The molecule has 176 valence electrons. The number of azo groups is 1. The van der Waals surface area contributed by atoms with Crippen LogP contribution in [0.1, 0.15) is 25.8 Å². The summed E-state index contributed by atoms with van der Waals surface area (Å²) in [4.78, 5) is 24.6. The predicted octanol–water partition coefficient (Wildman–Crippen LogP) is 2.21. The Morgan fingerprint density at radius 1 is 1.12 bits per heavy atom. The zero-order chi connectivity index (χ0) is 24.0. The number of amides is 1. The summed E-state index contributed by atoms with van der Waals surface area (Å²) in [5, 5.41) is 16.7. The van der Waals surface area contributed by atoms with Crippen LogP contribution in [-0.4, -0.2) is 45.0 Å². The van der Waals surface area contributed by atoms with Crippen molar-refractivity contribution in [2.75, 3.05) is 11.9 Å². The number of sulfonamides is 1. The van der Waals surface area contributed by atoms with E-state index in [-0.39, 0.29) is 10.9 Å². The number of rotatable bonds is 8. The number of para-hydroxylation sites is 1. The third-order valence-electron chi connectivity index (χ3n) is 5.12. The lowest BCUT2D eigenvalue weighted by atomic mass is 10.1. The highest BCUT2D eigenvalue weighted by molar-refractivity contribution is 7.89. The minimum atomic E-state index is -3.76. The van der Waals surface area contributed by atoms with Crippen molar-refractivity contribution in [1.82, 2.24) is 15.4 Å². The van der Waals surface area contributed by atoms with E-state index in [1.54, 1.807) is 12.1 Å². The number of Topliss-reactive ketones (excluding diaryl/α,β-unsaturated/α-hetero) is 1. The maximum absolute atomic E-state index is 12.6. The van der Waals surface area contributed by atoms with Crippen LogP contribution in [0.2, 0.25) is 0 Å². The van der Waals surface area contributed by atoms with E-state index in [4.69, 9.17) is 0 Å². The molecule has 1 aliphatic rings. The van der Waals surface area contributed by atoms with Crippen molar-refractivity contribution in [1.29, 1.82) is 0 Å². The van der Waals surface area contributed by atoms with Crippen molar-refractivity contribution in [3.63, 3.8) is 0 Å². The first-order valence-electron chi connectivity index (χ1n) is 10.6. The summed E-state index contributed by atoms with van der Waals surface area (Å²) in [6, 6.07) is 11.8. The van der Waals surface area contributed by atoms with E-state index in [0.717, 1.165) is 12.0 Å². The molecule has 1 fully saturated rings. The van der Waals surface area contributed by atoms with Gasteiger partial charge in [-0.05, 0) is 69.6 Å². The lowest BCUT2D eigenvalue weighted by molar-refractivity contribution is -0.126. The minimum Gasteiger partial charge on any atom is -0.324 e. The normalized spacial score (nSPS) is 19.8. The van der Waals surface area contributed by atoms with E-state index in [1.807, 2.05) is 26.0 Å². The second kappa shape index (κ2) is 10.8. The molecule has 0 saturated carbocycles. The summed E-state index contributed by atoms with van der Waals surface area (Å²) in [5.41, 5.74) is 1.75. The summed E-state index contributed by atoms with van der Waals surface area (Å²) in [6.45, 7) is 5.79. The third kappa shape index (κ3) is 6.75. The lowest BCUT2D eigenvalue weighted by Gasteiger charge is -2.30. The summed E-state index contributed by atoms with van der Waals surface area (Å²) in [5.74, 6) is -1.05. The summed E-state index contributed by atoms with van der Waals surface area (Å²) >= 11 is 0. The first kappa shape index (κ1) is 24.6. The highest BCUT2D eigenvalue weighted by atomic mass is 32.2. The Morgan fingerprint density at radius 3 is 2.45 bits per heavy atom. The van der Waals surface area contributed by atoms with Gasteiger partial charge in [-0.15, -0.1) is 0 Å². The monoisotopic (exact) mass is 472 g/mol. The molecule has 3 unspecified atom stereocenters. The second-order valence-corrected chi connectivity index (χ2v) is 9.61. The molecule has 4 N–H and O–H groups in total. The van der Waals surface area contributed by atoms with Crippen molar-refractivity contribution < 1.29 is 18.0 Å². The van der Waals surface area contributed by atoms with Crippen molar-refractivity contribution >= 4 is 33.1 Å². The molecule has 1 aliphatic heterocycles. The van der Waals surface area contributed by atoms with Crippen LogP contribution in [-0.2, 0) is 19.6 Å². The molecule has 11 heteroatoms. The van der Waals surface area contributed by atoms with Gasteiger partial charge in [-0.25, -0.2) is 8.42 Å². The average Bonchev–Trinajstić information content (AvgIpc) is 2.75. The van der Waals surface area contributed by atoms with Crippen molar-refractivity contribution in [2.24, 2.45) is 10.2 Å². The number of nitrogens with one attached hydrogen (secondary N) is 4. The smallest absolute Gasteiger partial charge is 0.258 e. The van der Waals surface area contributed by atoms with Gasteiger partial charge in [0.15, 0.2) is 5.78 Å². The lowest BCUT2D eigenvalue weighted by Crippen LogP contribution is -2.61. The standard InChI is InChI=1S/C22H28N6O4S/c1-14-6-4-5-7-19(14)25-21(30)20(16(3)29)27-26-17-8-10-18(11-9-17)33(31,32)28-22-23-13-12-15(2)24-22/h4-11,15,20,22-24,28H,12-13H2,1-3H3,(H,25,30). The van der Waals surface area contributed by atoms with Crippen LogP contribution >= 0.6 is 0 Å². The fourth-order valence-electron chi connectivity index (χ4n) is 3.22. The quantitative estimate of drug-likeness (QED) is 0.343. The van der Waals surface area contributed by atoms with Crippen LogP contribution in [0.25, 0.3) is 0 Å². The number of hydrogen-bond donors (Lipinski definition) is 4. The van der Waals surface area contributed by atoms with Crippen molar-refractivity contribution in [3.8, 4) is 0 Å². The Hall–Kier alpha value is -2.99. The molecule has 0 spiro atoms. The average molecular weight is 473 g/mol. The first-order valence-corrected chi connectivity index (χ1v) is 12.0. The number of hydrogen-bond acceptors (Lipinski definition) is 8. The number of carbonyl (C=O) groups is 2. The highest BCUT2D eigenvalue weighted by Crippen LogP contribution is 2.19. The number of aryl methyl sites for hydroxylation is 1. The summed E-state index contributed by atoms with van der Waals surface area (Å²) in [6.07, 6.45) is 0.350. The molecule has 0 aliphatic carbocycles. The van der Waals surface area contributed by atoms with Crippen LogP contribution in [0.4, 0.5) is 11.4 Å². The topological polar surface area (TPSA) is 141 Å². The van der Waals surface area contributed by atoms with Crippen LogP contribution in [0.3, 0.4) is 0 Å². The Labute approximate surface area is 193 Å². The van der Waals surface area contributed by atoms with Crippen LogP contribution in [0.5, 0.6) is 0 Å². The largest absolute Gasteiger partial charge is 0.324 e. The van der Waals surface area contributed by atoms with Gasteiger partial charge in [0.2, 0.25) is 16.1 Å². The molecular formula is C22H28N6O4S. The summed E-state index contributed by atoms with van der Waals surface area (Å²) < 4.78 is 27.8. The molecule has 3 rings (SSSR count). The number of ketones is 1. The molecule has 1 heterocycles. The van der Waals surface area contributed by atoms with Gasteiger partial charge < -0.3 is 5.32 Å². The van der Waals surface area contributed by atoms with Gasteiger partial charge in [-0.3, -0.25) is 20.2 Å². The number of benzene rings is 2. The zero-order valence-electron chi connectivity index (χ0n) is 18.7. The first-order chi connectivity index (χ1) is 15.7. The van der Waals surface area contributed by atoms with E-state index in [0.29, 0.717) is 17.9 Å². The van der Waals surface area contributed by atoms with Crippen molar-refractivity contribution in [2.45, 2.75) is 50.5 Å². The van der Waals surface area contributed by atoms with Crippen LogP contribution in [0, 0.1) is 6.92 Å². The molecule has 0 radical (unpaired) electrons. The minimum absolute atomic E-state index is 0.0590. The van der Waals surface area contributed by atoms with Gasteiger partial charge in [-0.2, -0.15) is 15.0 Å². The molecular weight excluding hydrogens is 444 g/mol. The Balaban J connectivity index is 1.67. The zero-order valence-corrected chi connectivity index (χ0v) is 19.5. The van der Waals surface area contributed by atoms with E-state index < -0.39 is 34.0 Å². The van der Waals surface area contributed by atoms with Crippen molar-refractivity contribution in [3.05, 3.63) is 54.1 Å². The predicted molar refractivity (Wildman–Crippen MR) is 125 cm³/mol. The Kier molecular flexibility index (Phi) is 8.03. The molecule has 10 nitrogen and oxygen atoms in total. The molecule has 33 heavy (non-hydrogen) atoms. The molecule has 3 atom stereocenters. The fourth-order valence-corrected chi connectivity index (χ4v) is 4.31. The van der Waals surface area contributed by atoms with Gasteiger partial charge in [-0.1, -0.05) is 18.2 Å². The maximum Gasteiger partial charge on any atom is 0.258 e. The summed E-state index contributed by atoms with van der Waals surface area (Å²) in [7, 11) is -3.76. The molecule has 1 saturated heterocycles. The fraction of sp³-hybridized carbons (Fsp3) is 0.364. The van der Waals surface area contributed by atoms with Gasteiger partial charge in [0.1, 0.15) is 6.29 Å². The maximum atomic E-state index is 12.6. The second-order valence-electron chi connectivity index (χ2n) is 7.89. The Morgan fingerprint density at radius 2 is 1.82 bits per heavy atom. The number of nitrogens with zero attached hydrogens (tertiary/aromatic N) is 2. The third-order valence-corrected chi connectivity index (χ3v) is 6.56. The molecule has 0 aromatic heterocycles. The number of carbonyl (C=O) groups excluding carboxylic acids is 2. The molecule has 2 aromatic rings. The van der Waals surface area contributed by atoms with Gasteiger partial charge in [0.05, 0.1) is 10.6 Å². The van der Waals surface area contributed by atoms with E-state index in [9.17, 15) is 18.0 Å². The van der Waals surface area contributed by atoms with Gasteiger partial charge in [0.25, 0.3) is 5.91 Å².